The molecule has 13 heavy (non-hydrogen) atoms. The van der Waals surface area contributed by atoms with Gasteiger partial charge in [0.05, 0.1) is 5.02 Å². The molecular weight excluding hydrogens is 202 g/mol. The highest BCUT2D eigenvalue weighted by molar-refractivity contribution is 7.99. The summed E-state index contributed by atoms with van der Waals surface area (Å²) in [7, 11) is 0. The maximum absolute atomic E-state index is 6.14. The molecular formula is C10H12ClNS. The maximum Gasteiger partial charge on any atom is 0.0545 e. The number of rotatable bonds is 2. The molecule has 1 nitrogen and oxygen atoms in total. The van der Waals surface area contributed by atoms with Crippen LogP contribution in [0.15, 0.2) is 17.0 Å². The van der Waals surface area contributed by atoms with Crippen molar-refractivity contribution in [3.05, 3.63) is 28.3 Å². The van der Waals surface area contributed by atoms with Gasteiger partial charge in [-0.2, -0.15) is 0 Å². The zero-order chi connectivity index (χ0) is 9.26. The van der Waals surface area contributed by atoms with E-state index in [4.69, 9.17) is 11.6 Å². The van der Waals surface area contributed by atoms with Crippen molar-refractivity contribution in [2.45, 2.75) is 24.9 Å². The second-order valence-electron chi connectivity index (χ2n) is 3.09. The molecule has 0 atom stereocenters. The molecule has 0 spiro atoms. The highest BCUT2D eigenvalue weighted by atomic mass is 35.5. The summed E-state index contributed by atoms with van der Waals surface area (Å²) in [6.45, 7) is 4.10. The number of hydrogen-bond acceptors (Lipinski definition) is 2. The van der Waals surface area contributed by atoms with Crippen molar-refractivity contribution in [1.82, 2.24) is 5.32 Å². The lowest BCUT2D eigenvalue weighted by Gasteiger charge is -2.05. The predicted molar refractivity (Wildman–Crippen MR) is 58.4 cm³/mol. The number of thioether (sulfide) groups is 1. The molecule has 0 aliphatic carbocycles. The quantitative estimate of drug-likeness (QED) is 0.758. The molecule has 0 unspecified atom stereocenters. The summed E-state index contributed by atoms with van der Waals surface area (Å²) in [6, 6.07) is 4.31. The van der Waals surface area contributed by atoms with E-state index in [1.807, 2.05) is 11.8 Å². The Bertz CT molecular complexity index is 325. The second kappa shape index (κ2) is 3.91. The van der Waals surface area contributed by atoms with Gasteiger partial charge in [-0.25, -0.2) is 0 Å². The van der Waals surface area contributed by atoms with E-state index < -0.39 is 0 Å². The minimum atomic E-state index is 0.898. The summed E-state index contributed by atoms with van der Waals surface area (Å²) in [5.41, 5.74) is 2.76. The second-order valence-corrected chi connectivity index (χ2v) is 4.80. The van der Waals surface area contributed by atoms with E-state index in [9.17, 15) is 0 Å². The van der Waals surface area contributed by atoms with Crippen molar-refractivity contribution in [2.75, 3.05) is 5.75 Å². The molecule has 0 radical (unpaired) electrons. The van der Waals surface area contributed by atoms with E-state index in [0.717, 1.165) is 23.9 Å². The van der Waals surface area contributed by atoms with Crippen molar-refractivity contribution in [2.24, 2.45) is 0 Å². The summed E-state index contributed by atoms with van der Waals surface area (Å²) in [4.78, 5) is 1.21. The monoisotopic (exact) mass is 213 g/mol. The highest BCUT2D eigenvalue weighted by Gasteiger charge is 2.12. The third kappa shape index (κ3) is 1.85. The standard InChI is InChI=1S/C10H12ClNS/c1-2-13-10-4-8-6-12-5-7(8)3-9(10)11/h3-4,12H,2,5-6H2,1H3. The Balaban J connectivity index is 2.37. The Hall–Kier alpha value is -0.180. The van der Waals surface area contributed by atoms with Gasteiger partial charge in [0, 0.05) is 18.0 Å². The van der Waals surface area contributed by atoms with Gasteiger partial charge in [-0.1, -0.05) is 18.5 Å². The zero-order valence-corrected chi connectivity index (χ0v) is 9.13. The summed E-state index contributed by atoms with van der Waals surface area (Å²) in [6.07, 6.45) is 0. The van der Waals surface area contributed by atoms with Crippen LogP contribution in [0, 0.1) is 0 Å². The van der Waals surface area contributed by atoms with Crippen molar-refractivity contribution in [1.29, 1.82) is 0 Å². The van der Waals surface area contributed by atoms with Gasteiger partial charge >= 0.3 is 0 Å². The molecule has 0 saturated carbocycles. The van der Waals surface area contributed by atoms with Gasteiger partial charge in [-0.3, -0.25) is 0 Å². The summed E-state index contributed by atoms with van der Waals surface area (Å²) >= 11 is 7.95. The Labute approximate surface area is 87.9 Å². The number of nitrogens with one attached hydrogen (secondary N) is 1. The Morgan fingerprint density at radius 2 is 2.08 bits per heavy atom. The van der Waals surface area contributed by atoms with E-state index in [-0.39, 0.29) is 0 Å². The Morgan fingerprint density at radius 1 is 1.38 bits per heavy atom. The first-order chi connectivity index (χ1) is 6.31. The molecule has 1 aromatic rings. The molecule has 0 aromatic heterocycles. The van der Waals surface area contributed by atoms with E-state index in [2.05, 4.69) is 24.4 Å². The van der Waals surface area contributed by atoms with Crippen LogP contribution in [0.4, 0.5) is 0 Å². The molecule has 1 aliphatic heterocycles. The normalized spacial score (nSPS) is 14.6. The average Bonchev–Trinajstić information content (AvgIpc) is 2.52. The fourth-order valence-electron chi connectivity index (χ4n) is 1.56. The first-order valence-electron chi connectivity index (χ1n) is 4.46. The summed E-state index contributed by atoms with van der Waals surface area (Å²) in [5.74, 6) is 1.08. The van der Waals surface area contributed by atoms with Crippen LogP contribution in [-0.4, -0.2) is 5.75 Å². The maximum atomic E-state index is 6.14. The van der Waals surface area contributed by atoms with Gasteiger partial charge in [0.2, 0.25) is 0 Å². The molecule has 0 amide bonds. The first-order valence-corrected chi connectivity index (χ1v) is 5.82. The van der Waals surface area contributed by atoms with E-state index in [1.54, 1.807) is 0 Å². The average molecular weight is 214 g/mol. The fourth-order valence-corrected chi connectivity index (χ4v) is 2.65. The number of benzene rings is 1. The molecule has 0 bridgehead atoms. The first kappa shape index (κ1) is 9.38. The third-order valence-electron chi connectivity index (χ3n) is 2.18. The number of halogens is 1. The van der Waals surface area contributed by atoms with Gasteiger partial charge < -0.3 is 5.32 Å². The lowest BCUT2D eigenvalue weighted by molar-refractivity contribution is 0.764. The van der Waals surface area contributed by atoms with Gasteiger partial charge in [-0.05, 0) is 29.0 Å². The smallest absolute Gasteiger partial charge is 0.0545 e. The van der Waals surface area contributed by atoms with Crippen molar-refractivity contribution in [3.8, 4) is 0 Å². The van der Waals surface area contributed by atoms with Crippen LogP contribution in [0.1, 0.15) is 18.1 Å². The van der Waals surface area contributed by atoms with Gasteiger partial charge in [0.1, 0.15) is 0 Å². The van der Waals surface area contributed by atoms with E-state index in [0.29, 0.717) is 0 Å². The Morgan fingerprint density at radius 3 is 2.77 bits per heavy atom. The molecule has 2 rings (SSSR count). The van der Waals surface area contributed by atoms with Gasteiger partial charge in [-0.15, -0.1) is 11.8 Å². The molecule has 1 aliphatic rings. The van der Waals surface area contributed by atoms with Crippen molar-refractivity contribution >= 4 is 23.4 Å². The largest absolute Gasteiger partial charge is 0.309 e. The number of hydrogen-bond donors (Lipinski definition) is 1. The summed E-state index contributed by atoms with van der Waals surface area (Å²) in [5, 5.41) is 4.21. The van der Waals surface area contributed by atoms with Crippen LogP contribution in [0.3, 0.4) is 0 Å². The lowest BCUT2D eigenvalue weighted by Crippen LogP contribution is -1.99. The minimum absolute atomic E-state index is 0.898. The van der Waals surface area contributed by atoms with Crippen molar-refractivity contribution < 1.29 is 0 Å². The van der Waals surface area contributed by atoms with Crippen LogP contribution in [0.2, 0.25) is 5.02 Å². The van der Waals surface area contributed by atoms with Gasteiger partial charge in [0.25, 0.3) is 0 Å². The predicted octanol–water partition coefficient (Wildman–Crippen LogP) is 3.06. The van der Waals surface area contributed by atoms with E-state index >= 15 is 0 Å². The topological polar surface area (TPSA) is 12.0 Å². The SMILES string of the molecule is CCSc1cc2c(cc1Cl)CNC2. The van der Waals surface area contributed by atoms with Crippen LogP contribution in [-0.2, 0) is 13.1 Å². The third-order valence-corrected chi connectivity index (χ3v) is 3.55. The molecule has 70 valence electrons. The highest BCUT2D eigenvalue weighted by Crippen LogP contribution is 2.31. The molecule has 0 saturated heterocycles. The van der Waals surface area contributed by atoms with Crippen LogP contribution < -0.4 is 5.32 Å². The minimum Gasteiger partial charge on any atom is -0.309 e. The zero-order valence-electron chi connectivity index (χ0n) is 7.56. The van der Waals surface area contributed by atoms with E-state index in [1.165, 1.54) is 16.0 Å². The number of fused-ring (bicyclic) bond motifs is 1. The van der Waals surface area contributed by atoms with Gasteiger partial charge in [0.15, 0.2) is 0 Å². The molecule has 1 heterocycles. The molecule has 0 fully saturated rings. The lowest BCUT2D eigenvalue weighted by atomic mass is 10.1. The fraction of sp³-hybridized carbons (Fsp3) is 0.400. The van der Waals surface area contributed by atoms with Crippen LogP contribution in [0.5, 0.6) is 0 Å². The molecule has 3 heteroatoms. The molecule has 1 aromatic carbocycles. The van der Waals surface area contributed by atoms with Crippen LogP contribution in [0.25, 0.3) is 0 Å². The Kier molecular flexibility index (Phi) is 2.82. The van der Waals surface area contributed by atoms with Crippen molar-refractivity contribution in [3.63, 3.8) is 0 Å². The summed E-state index contributed by atoms with van der Waals surface area (Å²) < 4.78 is 0. The molecule has 1 N–H and O–H groups in total. The van der Waals surface area contributed by atoms with Crippen LogP contribution >= 0.6 is 23.4 Å².